The van der Waals surface area contributed by atoms with Crippen LogP contribution in [0.25, 0.3) is 0 Å². The van der Waals surface area contributed by atoms with Crippen LogP contribution in [0.3, 0.4) is 0 Å². The van der Waals surface area contributed by atoms with Gasteiger partial charge in [-0.25, -0.2) is 0 Å². The van der Waals surface area contributed by atoms with Crippen molar-refractivity contribution in [3.63, 3.8) is 0 Å². The van der Waals surface area contributed by atoms with E-state index >= 15 is 0 Å². The molecule has 0 radical (unpaired) electrons. The summed E-state index contributed by atoms with van der Waals surface area (Å²) in [6.45, 7) is 1.93. The van der Waals surface area contributed by atoms with E-state index in [2.05, 4.69) is 12.1 Å². The highest BCUT2D eigenvalue weighted by Gasteiger charge is 2.24. The monoisotopic (exact) mass is 462 g/mol. The van der Waals surface area contributed by atoms with Crippen molar-refractivity contribution in [2.45, 2.75) is 45.1 Å². The Morgan fingerprint density at radius 3 is 2.12 bits per heavy atom. The summed E-state index contributed by atoms with van der Waals surface area (Å²) in [5, 5.41) is 20.6. The van der Waals surface area contributed by atoms with Crippen molar-refractivity contribution < 1.29 is 24.5 Å². The van der Waals surface area contributed by atoms with Gasteiger partial charge in [0.15, 0.2) is 0 Å². The number of rotatable bonds is 12. The van der Waals surface area contributed by atoms with Crippen molar-refractivity contribution in [1.82, 2.24) is 0 Å². The number of hydrogen-bond acceptors (Lipinski definition) is 4. The van der Waals surface area contributed by atoms with Crippen LogP contribution in [0.4, 0.5) is 0 Å². The summed E-state index contributed by atoms with van der Waals surface area (Å²) in [5.74, 6) is 0.455. The summed E-state index contributed by atoms with van der Waals surface area (Å²) in [7, 11) is 3.23. The lowest BCUT2D eigenvalue weighted by molar-refractivity contribution is -0.136. The van der Waals surface area contributed by atoms with Crippen LogP contribution in [-0.2, 0) is 24.1 Å². The molecule has 0 saturated carbocycles. The molecule has 0 aliphatic heterocycles. The number of carboxylic acids is 1. The van der Waals surface area contributed by atoms with E-state index in [0.717, 1.165) is 41.5 Å². The van der Waals surface area contributed by atoms with Gasteiger partial charge in [0.2, 0.25) is 0 Å². The molecule has 0 amide bonds. The van der Waals surface area contributed by atoms with Gasteiger partial charge in [-0.05, 0) is 72.9 Å². The van der Waals surface area contributed by atoms with E-state index in [9.17, 15) is 9.90 Å². The Bertz CT molecular complexity index is 1050. The Hall–Kier alpha value is -3.31. The van der Waals surface area contributed by atoms with Crippen molar-refractivity contribution in [2.24, 2.45) is 5.92 Å². The van der Waals surface area contributed by atoms with E-state index in [1.807, 2.05) is 61.5 Å². The molecule has 0 heterocycles. The van der Waals surface area contributed by atoms with Crippen LogP contribution in [0.15, 0.2) is 66.7 Å². The number of aryl methyl sites for hydroxylation is 1. The summed E-state index contributed by atoms with van der Waals surface area (Å²) in [4.78, 5) is 11.2. The van der Waals surface area contributed by atoms with Gasteiger partial charge in [-0.3, -0.25) is 4.79 Å². The fourth-order valence-electron chi connectivity index (χ4n) is 4.48. The Morgan fingerprint density at radius 2 is 1.50 bits per heavy atom. The Kier molecular flexibility index (Phi) is 9.11. The van der Waals surface area contributed by atoms with Gasteiger partial charge < -0.3 is 19.7 Å². The summed E-state index contributed by atoms with van der Waals surface area (Å²) in [6.07, 6.45) is 2.59. The van der Waals surface area contributed by atoms with E-state index < -0.39 is 12.1 Å². The molecule has 5 nitrogen and oxygen atoms in total. The molecule has 0 saturated heterocycles. The largest absolute Gasteiger partial charge is 0.496 e. The Labute approximate surface area is 202 Å². The lowest BCUT2D eigenvalue weighted by Gasteiger charge is -2.25. The summed E-state index contributed by atoms with van der Waals surface area (Å²) in [6, 6.07) is 21.8. The second kappa shape index (κ2) is 12.2. The van der Waals surface area contributed by atoms with Crippen molar-refractivity contribution in [1.29, 1.82) is 0 Å². The fourth-order valence-corrected chi connectivity index (χ4v) is 4.48. The zero-order chi connectivity index (χ0) is 24.5. The van der Waals surface area contributed by atoms with Gasteiger partial charge >= 0.3 is 5.97 Å². The lowest BCUT2D eigenvalue weighted by atomic mass is 9.84. The van der Waals surface area contributed by atoms with Crippen LogP contribution in [-0.4, -0.2) is 30.4 Å². The number of ether oxygens (including phenoxy) is 2. The normalized spacial score (nSPS) is 12.7. The maximum absolute atomic E-state index is 11.5. The molecule has 5 heteroatoms. The molecule has 0 aliphatic rings. The van der Waals surface area contributed by atoms with Crippen LogP contribution >= 0.6 is 0 Å². The van der Waals surface area contributed by atoms with Crippen LogP contribution < -0.4 is 9.47 Å². The minimum Gasteiger partial charge on any atom is -0.496 e. The summed E-state index contributed by atoms with van der Waals surface area (Å²) < 4.78 is 11.0. The van der Waals surface area contributed by atoms with Gasteiger partial charge in [0.1, 0.15) is 11.5 Å². The second-order valence-corrected chi connectivity index (χ2v) is 8.73. The average molecular weight is 463 g/mol. The number of carboxylic acid groups (broad SMARTS) is 1. The van der Waals surface area contributed by atoms with E-state index in [0.29, 0.717) is 17.9 Å². The zero-order valence-corrected chi connectivity index (χ0v) is 20.2. The maximum Gasteiger partial charge on any atom is 0.307 e. The van der Waals surface area contributed by atoms with Crippen LogP contribution in [0.2, 0.25) is 0 Å². The molecule has 0 bridgehead atoms. The highest BCUT2D eigenvalue weighted by Crippen LogP contribution is 2.36. The van der Waals surface area contributed by atoms with Gasteiger partial charge in [-0.2, -0.15) is 0 Å². The maximum atomic E-state index is 11.5. The summed E-state index contributed by atoms with van der Waals surface area (Å²) in [5.41, 5.74) is 4.71. The first-order valence-electron chi connectivity index (χ1n) is 11.7. The molecule has 2 N–H and O–H groups in total. The highest BCUT2D eigenvalue weighted by atomic mass is 16.5. The van der Waals surface area contributed by atoms with Crippen molar-refractivity contribution in [3.8, 4) is 11.5 Å². The van der Waals surface area contributed by atoms with Gasteiger partial charge in [0.25, 0.3) is 0 Å². The van der Waals surface area contributed by atoms with E-state index in [-0.39, 0.29) is 12.3 Å². The number of aliphatic hydroxyl groups excluding tert-OH is 1. The van der Waals surface area contributed by atoms with Gasteiger partial charge in [-0.15, -0.1) is 0 Å². The second-order valence-electron chi connectivity index (χ2n) is 8.73. The smallest absolute Gasteiger partial charge is 0.307 e. The molecule has 0 fully saturated rings. The zero-order valence-electron chi connectivity index (χ0n) is 20.2. The molecular formula is C29H34O5. The average Bonchev–Trinajstić information content (AvgIpc) is 2.83. The van der Waals surface area contributed by atoms with Crippen LogP contribution in [0.5, 0.6) is 11.5 Å². The molecule has 3 aromatic rings. The number of benzene rings is 3. The molecular weight excluding hydrogens is 428 g/mol. The molecule has 0 unspecified atom stereocenters. The molecule has 3 aromatic carbocycles. The van der Waals surface area contributed by atoms with Crippen LogP contribution in [0.1, 0.15) is 46.8 Å². The molecule has 0 aromatic heterocycles. The first-order valence-corrected chi connectivity index (χ1v) is 11.7. The molecule has 2 atom stereocenters. The molecule has 3 rings (SSSR count). The summed E-state index contributed by atoms with van der Waals surface area (Å²) >= 11 is 0. The quantitative estimate of drug-likeness (QED) is 0.369. The van der Waals surface area contributed by atoms with Crippen molar-refractivity contribution in [2.75, 3.05) is 14.2 Å². The third-order valence-corrected chi connectivity index (χ3v) is 6.29. The van der Waals surface area contributed by atoms with Crippen molar-refractivity contribution in [3.05, 3.63) is 94.5 Å². The van der Waals surface area contributed by atoms with Crippen molar-refractivity contribution >= 4 is 5.97 Å². The third-order valence-electron chi connectivity index (χ3n) is 6.29. The van der Waals surface area contributed by atoms with Gasteiger partial charge in [-0.1, -0.05) is 54.6 Å². The molecule has 180 valence electrons. The predicted molar refractivity (Wildman–Crippen MR) is 134 cm³/mol. The molecule has 0 spiro atoms. The number of aliphatic hydroxyl groups is 1. The van der Waals surface area contributed by atoms with Gasteiger partial charge in [0, 0.05) is 5.56 Å². The number of hydrogen-bond donors (Lipinski definition) is 2. The first kappa shape index (κ1) is 25.3. The molecule has 34 heavy (non-hydrogen) atoms. The fraction of sp³-hybridized carbons (Fsp3) is 0.345. The Morgan fingerprint density at radius 1 is 0.882 bits per heavy atom. The predicted octanol–water partition coefficient (Wildman–Crippen LogP) is 5.55. The van der Waals surface area contributed by atoms with E-state index in [1.54, 1.807) is 14.2 Å². The van der Waals surface area contributed by atoms with E-state index in [1.165, 1.54) is 5.56 Å². The SMILES string of the molecule is COc1cc([C@@H](O)[C@@H](CCCc2ccccc2)Cc2cccc(CC(=O)O)c2)cc(OC)c1C. The number of methoxy groups -OCH3 is 2. The molecule has 0 aliphatic carbocycles. The minimum atomic E-state index is -0.851. The first-order chi connectivity index (χ1) is 16.4. The number of aliphatic carboxylic acids is 1. The third kappa shape index (κ3) is 6.84. The Balaban J connectivity index is 1.85. The van der Waals surface area contributed by atoms with E-state index in [4.69, 9.17) is 14.6 Å². The number of carbonyl (C=O) groups is 1. The topological polar surface area (TPSA) is 76.0 Å². The van der Waals surface area contributed by atoms with Crippen LogP contribution in [0, 0.1) is 12.8 Å². The standard InChI is InChI=1S/C29H34O5/c1-20-26(33-2)18-25(19-27(20)34-3)29(32)24(14-8-11-21-9-5-4-6-10-21)16-22-12-7-13-23(15-22)17-28(30)31/h4-7,9-10,12-13,15,18-19,24,29,32H,8,11,14,16-17H2,1-3H3,(H,30,31)/t24-,29-/m0/s1. The lowest BCUT2D eigenvalue weighted by Crippen LogP contribution is -2.17. The van der Waals surface area contributed by atoms with Gasteiger partial charge in [0.05, 0.1) is 26.7 Å². The highest BCUT2D eigenvalue weighted by molar-refractivity contribution is 5.70. The minimum absolute atomic E-state index is 0.0125.